The Morgan fingerprint density at radius 1 is 1.18 bits per heavy atom. The molecule has 0 spiro atoms. The third-order valence-corrected chi connectivity index (χ3v) is 6.33. The van der Waals surface area contributed by atoms with E-state index in [0.29, 0.717) is 10.6 Å². The van der Waals surface area contributed by atoms with Crippen LogP contribution in [0, 0.1) is 0 Å². The summed E-state index contributed by atoms with van der Waals surface area (Å²) in [6, 6.07) is 9.18. The number of hydrogen-bond donors (Lipinski definition) is 0. The molecule has 1 aliphatic heterocycles. The van der Waals surface area contributed by atoms with Gasteiger partial charge in [-0.1, -0.05) is 18.5 Å². The second-order valence-corrected chi connectivity index (χ2v) is 8.24. The van der Waals surface area contributed by atoms with Crippen molar-refractivity contribution in [1.29, 1.82) is 0 Å². The van der Waals surface area contributed by atoms with Crippen molar-refractivity contribution >= 4 is 44.8 Å². The molecule has 0 bridgehead atoms. The standard InChI is InChI=1S/C21H21ClN4OS/c1-2-17-13-18-20(23-14-24-21(18)28-17)26-11-9-25(10-12-26)8-7-19(27)15-3-5-16(22)6-4-15/h3-8,13-14H,2,9-12H2,1H3. The second kappa shape index (κ2) is 8.29. The molecule has 3 heterocycles. The minimum absolute atomic E-state index is 0.0121. The normalized spacial score (nSPS) is 14.9. The largest absolute Gasteiger partial charge is 0.374 e. The molecule has 0 amide bonds. The summed E-state index contributed by atoms with van der Waals surface area (Å²) < 4.78 is 0. The van der Waals surface area contributed by atoms with Crippen LogP contribution in [0.25, 0.3) is 10.2 Å². The van der Waals surface area contributed by atoms with Crippen molar-refractivity contribution in [3.8, 4) is 0 Å². The zero-order chi connectivity index (χ0) is 19.5. The van der Waals surface area contributed by atoms with Crippen LogP contribution in [0.2, 0.25) is 5.02 Å². The lowest BCUT2D eigenvalue weighted by molar-refractivity contribution is 0.104. The van der Waals surface area contributed by atoms with Crippen LogP contribution in [-0.4, -0.2) is 46.8 Å². The van der Waals surface area contributed by atoms with Gasteiger partial charge in [0.15, 0.2) is 5.78 Å². The number of anilines is 1. The van der Waals surface area contributed by atoms with E-state index in [1.54, 1.807) is 48.0 Å². The number of carbonyl (C=O) groups is 1. The smallest absolute Gasteiger partial charge is 0.187 e. The van der Waals surface area contributed by atoms with Crippen LogP contribution in [0.5, 0.6) is 0 Å². The summed E-state index contributed by atoms with van der Waals surface area (Å²) >= 11 is 7.62. The van der Waals surface area contributed by atoms with Gasteiger partial charge in [-0.15, -0.1) is 11.3 Å². The van der Waals surface area contributed by atoms with Crippen molar-refractivity contribution < 1.29 is 4.79 Å². The van der Waals surface area contributed by atoms with Gasteiger partial charge >= 0.3 is 0 Å². The van der Waals surface area contributed by atoms with E-state index in [0.717, 1.165) is 48.6 Å². The highest BCUT2D eigenvalue weighted by Gasteiger charge is 2.19. The number of thiophene rings is 1. The predicted molar refractivity (Wildman–Crippen MR) is 116 cm³/mol. The fourth-order valence-electron chi connectivity index (χ4n) is 3.29. The van der Waals surface area contributed by atoms with Gasteiger partial charge in [0.05, 0.1) is 5.39 Å². The van der Waals surface area contributed by atoms with Crippen molar-refractivity contribution in [3.05, 3.63) is 64.4 Å². The molecule has 0 unspecified atom stereocenters. The van der Waals surface area contributed by atoms with Crippen LogP contribution in [0.1, 0.15) is 22.2 Å². The van der Waals surface area contributed by atoms with E-state index in [4.69, 9.17) is 11.6 Å². The van der Waals surface area contributed by atoms with Gasteiger partial charge in [-0.05, 0) is 36.8 Å². The number of halogens is 1. The van der Waals surface area contributed by atoms with E-state index < -0.39 is 0 Å². The Balaban J connectivity index is 1.40. The summed E-state index contributed by atoms with van der Waals surface area (Å²) in [4.78, 5) is 28.1. The van der Waals surface area contributed by atoms with Crippen LogP contribution in [0.4, 0.5) is 5.82 Å². The van der Waals surface area contributed by atoms with Gasteiger partial charge in [0.2, 0.25) is 0 Å². The van der Waals surface area contributed by atoms with Crippen molar-refractivity contribution in [2.75, 3.05) is 31.1 Å². The molecule has 4 rings (SSSR count). The number of aromatic nitrogens is 2. The van der Waals surface area contributed by atoms with Crippen molar-refractivity contribution in [3.63, 3.8) is 0 Å². The number of ketones is 1. The summed E-state index contributed by atoms with van der Waals surface area (Å²) in [5.41, 5.74) is 0.645. The van der Waals surface area contributed by atoms with E-state index in [2.05, 4.69) is 32.8 Å². The van der Waals surface area contributed by atoms with Crippen LogP contribution in [0.15, 0.2) is 48.9 Å². The van der Waals surface area contributed by atoms with Crippen LogP contribution in [0.3, 0.4) is 0 Å². The van der Waals surface area contributed by atoms with Crippen LogP contribution >= 0.6 is 22.9 Å². The van der Waals surface area contributed by atoms with Crippen molar-refractivity contribution in [1.82, 2.24) is 14.9 Å². The molecule has 2 aromatic heterocycles. The minimum atomic E-state index is -0.0121. The van der Waals surface area contributed by atoms with E-state index in [1.165, 1.54) is 4.88 Å². The molecule has 3 aromatic rings. The second-order valence-electron chi connectivity index (χ2n) is 6.69. The molecule has 1 aliphatic rings. The molecule has 1 fully saturated rings. The van der Waals surface area contributed by atoms with E-state index in [1.807, 2.05) is 6.20 Å². The van der Waals surface area contributed by atoms with Gasteiger partial charge in [0.25, 0.3) is 0 Å². The molecule has 0 N–H and O–H groups in total. The Hall–Kier alpha value is -2.44. The lowest BCUT2D eigenvalue weighted by atomic mass is 10.1. The number of allylic oxidation sites excluding steroid dienone is 1. The summed E-state index contributed by atoms with van der Waals surface area (Å²) in [6.07, 6.45) is 6.20. The lowest BCUT2D eigenvalue weighted by Gasteiger charge is -2.35. The van der Waals surface area contributed by atoms with Gasteiger partial charge in [-0.2, -0.15) is 0 Å². The first-order valence-corrected chi connectivity index (χ1v) is 10.5. The summed E-state index contributed by atoms with van der Waals surface area (Å²) in [5.74, 6) is 1.00. The molecule has 0 saturated carbocycles. The first-order chi connectivity index (χ1) is 13.6. The zero-order valence-corrected chi connectivity index (χ0v) is 17.2. The number of rotatable bonds is 5. The lowest BCUT2D eigenvalue weighted by Crippen LogP contribution is -2.44. The maximum Gasteiger partial charge on any atom is 0.187 e. The van der Waals surface area contributed by atoms with Crippen molar-refractivity contribution in [2.24, 2.45) is 0 Å². The van der Waals surface area contributed by atoms with Gasteiger partial charge in [-0.25, -0.2) is 9.97 Å². The summed E-state index contributed by atoms with van der Waals surface area (Å²) in [6.45, 7) is 5.58. The summed E-state index contributed by atoms with van der Waals surface area (Å²) in [5, 5.41) is 1.78. The van der Waals surface area contributed by atoms with Crippen molar-refractivity contribution in [2.45, 2.75) is 13.3 Å². The Labute approximate surface area is 173 Å². The number of nitrogens with zero attached hydrogens (tertiary/aromatic N) is 4. The molecule has 0 aliphatic carbocycles. The molecule has 0 radical (unpaired) electrons. The SMILES string of the molecule is CCc1cc2c(N3CCN(C=CC(=O)c4ccc(Cl)cc4)CC3)ncnc2s1. The van der Waals surface area contributed by atoms with Gasteiger partial charge in [0, 0.05) is 53.9 Å². The first-order valence-electron chi connectivity index (χ1n) is 9.34. The average Bonchev–Trinajstić information content (AvgIpc) is 3.16. The third kappa shape index (κ3) is 4.03. The van der Waals surface area contributed by atoms with Gasteiger partial charge in [0.1, 0.15) is 17.0 Å². The molecule has 1 aromatic carbocycles. The fraction of sp³-hybridized carbons (Fsp3) is 0.286. The number of piperazine rings is 1. The maximum absolute atomic E-state index is 12.3. The number of aryl methyl sites for hydroxylation is 1. The monoisotopic (exact) mass is 412 g/mol. The Morgan fingerprint density at radius 2 is 1.93 bits per heavy atom. The Bertz CT molecular complexity index is 1010. The predicted octanol–water partition coefficient (Wildman–Crippen LogP) is 4.43. The highest BCUT2D eigenvalue weighted by molar-refractivity contribution is 7.18. The number of benzene rings is 1. The Morgan fingerprint density at radius 3 is 2.64 bits per heavy atom. The number of fused-ring (bicyclic) bond motifs is 1. The van der Waals surface area contributed by atoms with E-state index >= 15 is 0 Å². The number of hydrogen-bond acceptors (Lipinski definition) is 6. The minimum Gasteiger partial charge on any atom is -0.374 e. The third-order valence-electron chi connectivity index (χ3n) is 4.89. The molecule has 5 nitrogen and oxygen atoms in total. The van der Waals surface area contributed by atoms with Crippen LogP contribution < -0.4 is 4.90 Å². The van der Waals surface area contributed by atoms with E-state index in [9.17, 15) is 4.79 Å². The number of carbonyl (C=O) groups excluding carboxylic acids is 1. The van der Waals surface area contributed by atoms with Gasteiger partial charge < -0.3 is 9.80 Å². The summed E-state index contributed by atoms with van der Waals surface area (Å²) in [7, 11) is 0. The maximum atomic E-state index is 12.3. The molecule has 144 valence electrons. The molecule has 0 atom stereocenters. The van der Waals surface area contributed by atoms with E-state index in [-0.39, 0.29) is 5.78 Å². The molecule has 1 saturated heterocycles. The quantitative estimate of drug-likeness (QED) is 0.458. The molecular formula is C21H21ClN4OS. The van der Waals surface area contributed by atoms with Crippen LogP contribution in [-0.2, 0) is 6.42 Å². The zero-order valence-electron chi connectivity index (χ0n) is 15.6. The van der Waals surface area contributed by atoms with Gasteiger partial charge in [-0.3, -0.25) is 4.79 Å². The average molecular weight is 413 g/mol. The Kier molecular flexibility index (Phi) is 5.59. The first kappa shape index (κ1) is 18.9. The molecular weight excluding hydrogens is 392 g/mol. The topological polar surface area (TPSA) is 49.3 Å². The molecule has 28 heavy (non-hydrogen) atoms. The fourth-order valence-corrected chi connectivity index (χ4v) is 4.34. The highest BCUT2D eigenvalue weighted by atomic mass is 35.5. The highest BCUT2D eigenvalue weighted by Crippen LogP contribution is 2.30. The molecule has 7 heteroatoms.